The number of carbonyl (C=O) groups is 4. The van der Waals surface area contributed by atoms with E-state index in [4.69, 9.17) is 9.47 Å². The van der Waals surface area contributed by atoms with Crippen molar-refractivity contribution < 1.29 is 28.7 Å². The smallest absolute Gasteiger partial charge is 0.414 e. The van der Waals surface area contributed by atoms with Gasteiger partial charge in [-0.25, -0.2) is 4.79 Å². The summed E-state index contributed by atoms with van der Waals surface area (Å²) < 4.78 is 10.0. The molecule has 3 rings (SSSR count). The highest BCUT2D eigenvalue weighted by Gasteiger charge is 2.35. The Bertz CT molecular complexity index is 790. The van der Waals surface area contributed by atoms with Crippen LogP contribution in [0.15, 0.2) is 18.2 Å². The second-order valence-electron chi connectivity index (χ2n) is 6.73. The number of nitrogens with zero attached hydrogens (tertiary/aromatic N) is 1. The van der Waals surface area contributed by atoms with Gasteiger partial charge in [-0.2, -0.15) is 0 Å². The molecule has 1 aromatic rings. The molecule has 0 spiro atoms. The predicted molar refractivity (Wildman–Crippen MR) is 95.5 cm³/mol. The van der Waals surface area contributed by atoms with Crippen LogP contribution in [0, 0.1) is 5.92 Å². The highest BCUT2D eigenvalue weighted by molar-refractivity contribution is 6.10. The first-order valence-electron chi connectivity index (χ1n) is 8.88. The van der Waals surface area contributed by atoms with Crippen LogP contribution in [0.4, 0.5) is 10.5 Å². The summed E-state index contributed by atoms with van der Waals surface area (Å²) in [6, 6.07) is 5.13. The van der Waals surface area contributed by atoms with Gasteiger partial charge in [0, 0.05) is 18.2 Å². The number of amides is 2. The van der Waals surface area contributed by atoms with Gasteiger partial charge in [0.25, 0.3) is 0 Å². The number of rotatable bonds is 4. The Balaban J connectivity index is 1.79. The average Bonchev–Trinajstić information content (AvgIpc) is 2.94. The van der Waals surface area contributed by atoms with E-state index < -0.39 is 24.1 Å². The van der Waals surface area contributed by atoms with E-state index in [2.05, 4.69) is 5.32 Å². The van der Waals surface area contributed by atoms with Gasteiger partial charge in [-0.1, -0.05) is 0 Å². The molecule has 1 aliphatic heterocycles. The zero-order valence-electron chi connectivity index (χ0n) is 15.3. The number of aryl methyl sites for hydroxylation is 1. The zero-order valence-corrected chi connectivity index (χ0v) is 15.3. The maximum Gasteiger partial charge on any atom is 0.414 e. The number of carbonyl (C=O) groups excluding carboxylic acids is 4. The van der Waals surface area contributed by atoms with Crippen LogP contribution >= 0.6 is 0 Å². The molecule has 8 heteroatoms. The maximum absolute atomic E-state index is 12.7. The van der Waals surface area contributed by atoms with E-state index in [0.717, 1.165) is 5.56 Å². The van der Waals surface area contributed by atoms with Crippen molar-refractivity contribution in [3.05, 3.63) is 29.3 Å². The third-order valence-corrected chi connectivity index (χ3v) is 4.86. The summed E-state index contributed by atoms with van der Waals surface area (Å²) in [5.41, 5.74) is 1.93. The van der Waals surface area contributed by atoms with E-state index in [0.29, 0.717) is 37.1 Å². The lowest BCUT2D eigenvalue weighted by atomic mass is 9.95. The molecule has 2 atom stereocenters. The van der Waals surface area contributed by atoms with Crippen molar-refractivity contribution in [2.45, 2.75) is 32.3 Å². The molecule has 1 aliphatic carbocycles. The van der Waals surface area contributed by atoms with Crippen molar-refractivity contribution in [3.63, 3.8) is 0 Å². The number of benzene rings is 1. The molecule has 0 bridgehead atoms. The number of cyclic esters (lactones) is 1. The Hall–Kier alpha value is -2.90. The van der Waals surface area contributed by atoms with Gasteiger partial charge in [-0.05, 0) is 43.0 Å². The average molecular weight is 374 g/mol. The topological polar surface area (TPSA) is 102 Å². The largest absolute Gasteiger partial charge is 0.468 e. The molecule has 2 amide bonds. The Labute approximate surface area is 156 Å². The van der Waals surface area contributed by atoms with Gasteiger partial charge >= 0.3 is 12.1 Å². The molecule has 27 heavy (non-hydrogen) atoms. The first-order chi connectivity index (χ1) is 12.9. The fourth-order valence-corrected chi connectivity index (χ4v) is 3.47. The van der Waals surface area contributed by atoms with E-state index >= 15 is 0 Å². The number of hydrogen-bond acceptors (Lipinski definition) is 6. The van der Waals surface area contributed by atoms with Crippen molar-refractivity contribution in [3.8, 4) is 0 Å². The van der Waals surface area contributed by atoms with E-state index in [-0.39, 0.29) is 18.2 Å². The molecule has 0 radical (unpaired) electrons. The number of nitrogens with one attached hydrogen (secondary N) is 1. The normalized spacial score (nSPS) is 21.9. The summed E-state index contributed by atoms with van der Waals surface area (Å²) in [5, 5.41) is 2.63. The fraction of sp³-hybridized carbons (Fsp3) is 0.474. The Morgan fingerprint density at radius 1 is 1.33 bits per heavy atom. The molecule has 2 aliphatic rings. The van der Waals surface area contributed by atoms with E-state index in [1.165, 1.54) is 18.9 Å². The summed E-state index contributed by atoms with van der Waals surface area (Å²) in [6.45, 7) is 1.97. The van der Waals surface area contributed by atoms with Crippen LogP contribution in [-0.2, 0) is 25.5 Å². The number of anilines is 1. The van der Waals surface area contributed by atoms with Crippen molar-refractivity contribution in [1.82, 2.24) is 5.32 Å². The quantitative estimate of drug-likeness (QED) is 0.486. The number of ketones is 1. The van der Waals surface area contributed by atoms with Gasteiger partial charge in [0.05, 0.1) is 20.2 Å². The van der Waals surface area contributed by atoms with E-state index in [1.54, 1.807) is 18.2 Å². The van der Waals surface area contributed by atoms with Crippen LogP contribution in [0.25, 0.3) is 0 Å². The fourth-order valence-electron chi connectivity index (χ4n) is 3.47. The van der Waals surface area contributed by atoms with Crippen LogP contribution in [0.2, 0.25) is 0 Å². The second kappa shape index (κ2) is 7.77. The number of ether oxygens (including phenoxy) is 2. The number of methoxy groups -OCH3 is 1. The minimum Gasteiger partial charge on any atom is -0.468 e. The molecule has 144 valence electrons. The Morgan fingerprint density at radius 3 is 2.81 bits per heavy atom. The molecular weight excluding hydrogens is 352 g/mol. The Morgan fingerprint density at radius 2 is 2.11 bits per heavy atom. The van der Waals surface area contributed by atoms with Gasteiger partial charge in [-0.3, -0.25) is 19.3 Å². The minimum absolute atomic E-state index is 0.187. The number of Topliss-reactive ketones (excluding diaryl/α,β-unsaturated/α-hetero) is 1. The molecule has 1 heterocycles. The van der Waals surface area contributed by atoms with Crippen LogP contribution < -0.4 is 10.2 Å². The summed E-state index contributed by atoms with van der Waals surface area (Å²) in [5.74, 6) is -1.72. The van der Waals surface area contributed by atoms with Crippen molar-refractivity contribution in [1.29, 1.82) is 0 Å². The summed E-state index contributed by atoms with van der Waals surface area (Å²) in [6.07, 6.45) is 0.848. The van der Waals surface area contributed by atoms with Crippen LogP contribution in [0.5, 0.6) is 0 Å². The van der Waals surface area contributed by atoms with Crippen molar-refractivity contribution in [2.24, 2.45) is 5.92 Å². The maximum atomic E-state index is 12.7. The van der Waals surface area contributed by atoms with Crippen molar-refractivity contribution >= 4 is 29.4 Å². The van der Waals surface area contributed by atoms with Gasteiger partial charge in [0.15, 0.2) is 5.78 Å². The molecule has 1 unspecified atom stereocenters. The van der Waals surface area contributed by atoms with Crippen LogP contribution in [0.1, 0.15) is 35.7 Å². The monoisotopic (exact) mass is 374 g/mol. The van der Waals surface area contributed by atoms with Gasteiger partial charge in [0.1, 0.15) is 12.0 Å². The van der Waals surface area contributed by atoms with Gasteiger partial charge < -0.3 is 14.8 Å². The SMILES string of the molecule is COC(=O)C1CCCc2cc(N3C[C@H](CNC(C)=O)OC3=O)ccc2C1=O. The molecule has 8 nitrogen and oxygen atoms in total. The molecular formula is C19H22N2O6. The molecule has 1 N–H and O–H groups in total. The highest BCUT2D eigenvalue weighted by atomic mass is 16.6. The summed E-state index contributed by atoms with van der Waals surface area (Å²) in [7, 11) is 1.28. The number of esters is 1. The molecule has 1 saturated heterocycles. The number of hydrogen-bond donors (Lipinski definition) is 1. The van der Waals surface area contributed by atoms with Crippen LogP contribution in [-0.4, -0.2) is 50.1 Å². The molecule has 0 aromatic heterocycles. The molecule has 1 aromatic carbocycles. The lowest BCUT2D eigenvalue weighted by molar-refractivity contribution is -0.143. The lowest BCUT2D eigenvalue weighted by Crippen LogP contribution is -2.33. The van der Waals surface area contributed by atoms with Gasteiger partial charge in [0.2, 0.25) is 5.91 Å². The van der Waals surface area contributed by atoms with E-state index in [9.17, 15) is 19.2 Å². The highest BCUT2D eigenvalue weighted by Crippen LogP contribution is 2.30. The Kier molecular flexibility index (Phi) is 5.43. The standard InChI is InChI=1S/C19H22N2O6/c1-11(22)20-9-14-10-21(19(25)27-14)13-6-7-15-12(8-13)4-3-5-16(17(15)23)18(24)26-2/h6-8,14,16H,3-5,9-10H2,1-2H3,(H,20,22)/t14-,16?/m0/s1. The first kappa shape index (κ1) is 18.9. The summed E-state index contributed by atoms with van der Waals surface area (Å²) >= 11 is 0. The minimum atomic E-state index is -0.777. The van der Waals surface area contributed by atoms with Crippen molar-refractivity contribution in [2.75, 3.05) is 25.1 Å². The van der Waals surface area contributed by atoms with Gasteiger partial charge in [-0.15, -0.1) is 0 Å². The third kappa shape index (κ3) is 3.94. The summed E-state index contributed by atoms with van der Waals surface area (Å²) in [4.78, 5) is 49.2. The molecule has 0 saturated carbocycles. The van der Waals surface area contributed by atoms with Crippen LogP contribution in [0.3, 0.4) is 0 Å². The molecule has 1 fully saturated rings. The zero-order chi connectivity index (χ0) is 19.6. The first-order valence-corrected chi connectivity index (χ1v) is 8.88. The lowest BCUT2D eigenvalue weighted by Gasteiger charge is -2.16. The number of fused-ring (bicyclic) bond motifs is 1. The third-order valence-electron chi connectivity index (χ3n) is 4.86. The van der Waals surface area contributed by atoms with E-state index in [1.807, 2.05) is 0 Å². The second-order valence-corrected chi connectivity index (χ2v) is 6.73. The predicted octanol–water partition coefficient (Wildman–Crippen LogP) is 1.46.